The number of hydrogen-bond donors (Lipinski definition) is 4. The molecule has 10 nitrogen and oxygen atoms in total. The lowest BCUT2D eigenvalue weighted by Crippen LogP contribution is -2.45. The highest BCUT2D eigenvalue weighted by atomic mass is 32.1. The van der Waals surface area contributed by atoms with Gasteiger partial charge in [0.05, 0.1) is 24.5 Å². The number of piperazine rings is 1. The SMILES string of the molecule is O=C(NC1=C(N2CCNCC2)C=CNC1)c1csc(N2Cc3ccc(OC4CCNCC4)cc3C2=O)n1. The maximum atomic E-state index is 13.2. The molecule has 4 N–H and O–H groups in total. The number of dihydropyridines is 1. The highest BCUT2D eigenvalue weighted by Crippen LogP contribution is 2.33. The fraction of sp³-hybridized carbons (Fsp3) is 0.423. The zero-order valence-electron chi connectivity index (χ0n) is 20.6. The van der Waals surface area contributed by atoms with Gasteiger partial charge in [-0.15, -0.1) is 11.3 Å². The average Bonchev–Trinajstić information content (AvgIpc) is 3.55. The normalized spacial score (nSPS) is 20.2. The van der Waals surface area contributed by atoms with Gasteiger partial charge in [0.1, 0.15) is 17.5 Å². The lowest BCUT2D eigenvalue weighted by molar-refractivity contribution is 0.0955. The molecule has 2 fully saturated rings. The van der Waals surface area contributed by atoms with Gasteiger partial charge in [0, 0.05) is 37.1 Å². The number of amides is 2. The number of carbonyl (C=O) groups excluding carboxylic acids is 2. The van der Waals surface area contributed by atoms with Crippen molar-refractivity contribution in [3.8, 4) is 5.75 Å². The van der Waals surface area contributed by atoms with Crippen LogP contribution in [-0.4, -0.2) is 73.6 Å². The number of ether oxygens (including phenoxy) is 1. The fourth-order valence-corrected chi connectivity index (χ4v) is 5.91. The van der Waals surface area contributed by atoms with Crippen molar-refractivity contribution in [3.63, 3.8) is 0 Å². The van der Waals surface area contributed by atoms with Crippen LogP contribution in [0.1, 0.15) is 39.3 Å². The molecular weight excluding hydrogens is 490 g/mol. The number of fused-ring (bicyclic) bond motifs is 1. The van der Waals surface area contributed by atoms with Gasteiger partial charge in [0.2, 0.25) is 0 Å². The first-order valence-electron chi connectivity index (χ1n) is 12.8. The summed E-state index contributed by atoms with van der Waals surface area (Å²) in [5.41, 5.74) is 3.74. The highest BCUT2D eigenvalue weighted by molar-refractivity contribution is 7.14. The Balaban J connectivity index is 1.14. The number of hydrogen-bond acceptors (Lipinski definition) is 9. The maximum absolute atomic E-state index is 13.2. The van der Waals surface area contributed by atoms with Crippen LogP contribution in [0.25, 0.3) is 0 Å². The van der Waals surface area contributed by atoms with E-state index in [1.807, 2.05) is 30.5 Å². The number of nitrogens with one attached hydrogen (secondary N) is 4. The van der Waals surface area contributed by atoms with Crippen molar-refractivity contribution < 1.29 is 14.3 Å². The number of aromatic nitrogens is 1. The Labute approximate surface area is 219 Å². The van der Waals surface area contributed by atoms with Crippen LogP contribution in [0.5, 0.6) is 5.75 Å². The Kier molecular flexibility index (Phi) is 6.81. The smallest absolute Gasteiger partial charge is 0.275 e. The zero-order valence-corrected chi connectivity index (χ0v) is 21.4. The minimum Gasteiger partial charge on any atom is -0.490 e. The van der Waals surface area contributed by atoms with E-state index in [-0.39, 0.29) is 17.9 Å². The first-order chi connectivity index (χ1) is 18.2. The van der Waals surface area contributed by atoms with Crippen LogP contribution in [0.4, 0.5) is 5.13 Å². The minimum absolute atomic E-state index is 0.114. The van der Waals surface area contributed by atoms with E-state index in [1.165, 1.54) is 11.3 Å². The van der Waals surface area contributed by atoms with E-state index in [1.54, 1.807) is 10.3 Å². The molecule has 11 heteroatoms. The lowest BCUT2D eigenvalue weighted by atomic mass is 10.1. The number of allylic oxidation sites excluding steroid dienone is 1. The molecule has 194 valence electrons. The van der Waals surface area contributed by atoms with Gasteiger partial charge in [-0.05, 0) is 55.9 Å². The molecule has 0 spiro atoms. The zero-order chi connectivity index (χ0) is 25.2. The summed E-state index contributed by atoms with van der Waals surface area (Å²) in [6, 6.07) is 5.74. The Morgan fingerprint density at radius 2 is 1.95 bits per heavy atom. The number of carbonyl (C=O) groups is 2. The van der Waals surface area contributed by atoms with Gasteiger partial charge in [-0.25, -0.2) is 4.98 Å². The van der Waals surface area contributed by atoms with E-state index >= 15 is 0 Å². The molecule has 0 radical (unpaired) electrons. The maximum Gasteiger partial charge on any atom is 0.275 e. The summed E-state index contributed by atoms with van der Waals surface area (Å²) < 4.78 is 6.13. The molecule has 2 saturated heterocycles. The molecule has 37 heavy (non-hydrogen) atoms. The van der Waals surface area contributed by atoms with Crippen molar-refractivity contribution in [2.75, 3.05) is 50.7 Å². The second-order valence-electron chi connectivity index (χ2n) is 9.56. The average molecular weight is 522 g/mol. The molecular formula is C26H31N7O3S. The number of piperidine rings is 1. The topological polar surface area (TPSA) is 111 Å². The fourth-order valence-electron chi connectivity index (χ4n) is 5.11. The number of rotatable bonds is 6. The molecule has 0 unspecified atom stereocenters. The van der Waals surface area contributed by atoms with Crippen LogP contribution in [0, 0.1) is 0 Å². The van der Waals surface area contributed by atoms with Gasteiger partial charge < -0.3 is 30.9 Å². The summed E-state index contributed by atoms with van der Waals surface area (Å²) in [5.74, 6) is 0.338. The van der Waals surface area contributed by atoms with Gasteiger partial charge >= 0.3 is 0 Å². The summed E-state index contributed by atoms with van der Waals surface area (Å²) >= 11 is 1.30. The van der Waals surface area contributed by atoms with Gasteiger partial charge in [0.15, 0.2) is 5.13 Å². The first kappa shape index (κ1) is 24.0. The van der Waals surface area contributed by atoms with Crippen LogP contribution in [-0.2, 0) is 6.54 Å². The quantitative estimate of drug-likeness (QED) is 0.452. The van der Waals surface area contributed by atoms with Crippen LogP contribution in [0.15, 0.2) is 47.2 Å². The summed E-state index contributed by atoms with van der Waals surface area (Å²) in [5, 5.41) is 15.1. The van der Waals surface area contributed by atoms with E-state index in [0.717, 1.165) is 74.8 Å². The van der Waals surface area contributed by atoms with E-state index in [9.17, 15) is 9.59 Å². The number of nitrogens with zero attached hydrogens (tertiary/aromatic N) is 3. The van der Waals surface area contributed by atoms with E-state index < -0.39 is 0 Å². The molecule has 6 rings (SSSR count). The van der Waals surface area contributed by atoms with Crippen molar-refractivity contribution >= 4 is 28.3 Å². The molecule has 1 aromatic heterocycles. The Hall–Kier alpha value is -3.41. The third kappa shape index (κ3) is 5.07. The van der Waals surface area contributed by atoms with Gasteiger partial charge in [-0.2, -0.15) is 0 Å². The van der Waals surface area contributed by atoms with Gasteiger partial charge in [-0.3, -0.25) is 14.5 Å². The summed E-state index contributed by atoms with van der Waals surface area (Å²) in [6.45, 7) is 6.49. The number of thiazole rings is 1. The Morgan fingerprint density at radius 1 is 1.14 bits per heavy atom. The third-order valence-corrected chi connectivity index (χ3v) is 7.96. The lowest BCUT2D eigenvalue weighted by Gasteiger charge is -2.33. The standard InChI is InChI=1S/C26H31N7O3S/c34-24(30-21-14-29-8-5-23(21)32-11-9-28-10-12-32)22-16-37-26(31-22)33-15-17-1-2-19(13-20(17)25(33)35)36-18-3-6-27-7-4-18/h1-2,5,8,13,16,18,27-29H,3-4,6-7,9-12,14-15H2,(H,30,34). The van der Waals surface area contributed by atoms with Crippen molar-refractivity contribution in [2.24, 2.45) is 0 Å². The summed E-state index contributed by atoms with van der Waals surface area (Å²) in [6.07, 6.45) is 6.00. The molecule has 1 aromatic carbocycles. The minimum atomic E-state index is -0.274. The molecule has 0 atom stereocenters. The van der Waals surface area contributed by atoms with Crippen LogP contribution < -0.4 is 30.9 Å². The van der Waals surface area contributed by atoms with Crippen molar-refractivity contribution in [1.82, 2.24) is 31.2 Å². The van der Waals surface area contributed by atoms with Gasteiger partial charge in [-0.1, -0.05) is 6.07 Å². The molecule has 4 aliphatic rings. The molecule has 2 aromatic rings. The molecule has 0 saturated carbocycles. The summed E-state index contributed by atoms with van der Waals surface area (Å²) in [7, 11) is 0. The Morgan fingerprint density at radius 3 is 2.78 bits per heavy atom. The highest BCUT2D eigenvalue weighted by Gasteiger charge is 2.32. The molecule has 5 heterocycles. The summed E-state index contributed by atoms with van der Waals surface area (Å²) in [4.78, 5) is 34.8. The van der Waals surface area contributed by atoms with Crippen molar-refractivity contribution in [3.05, 3.63) is 64.1 Å². The third-order valence-electron chi connectivity index (χ3n) is 7.10. The van der Waals surface area contributed by atoms with E-state index in [2.05, 4.69) is 31.2 Å². The van der Waals surface area contributed by atoms with Crippen LogP contribution >= 0.6 is 11.3 Å². The van der Waals surface area contributed by atoms with Gasteiger partial charge in [0.25, 0.3) is 11.8 Å². The number of benzene rings is 1. The second-order valence-corrected chi connectivity index (χ2v) is 10.4. The first-order valence-corrected chi connectivity index (χ1v) is 13.7. The van der Waals surface area contributed by atoms with E-state index in [4.69, 9.17) is 4.74 Å². The van der Waals surface area contributed by atoms with Crippen LogP contribution in [0.3, 0.4) is 0 Å². The monoisotopic (exact) mass is 521 g/mol. The van der Waals surface area contributed by atoms with Crippen molar-refractivity contribution in [2.45, 2.75) is 25.5 Å². The number of anilines is 1. The molecule has 2 amide bonds. The Bertz CT molecular complexity index is 1240. The molecule has 0 aliphatic carbocycles. The molecule has 0 bridgehead atoms. The largest absolute Gasteiger partial charge is 0.490 e. The van der Waals surface area contributed by atoms with Crippen molar-refractivity contribution in [1.29, 1.82) is 0 Å². The molecule has 4 aliphatic heterocycles. The van der Waals surface area contributed by atoms with E-state index in [0.29, 0.717) is 29.5 Å². The predicted molar refractivity (Wildman–Crippen MR) is 142 cm³/mol. The predicted octanol–water partition coefficient (Wildman–Crippen LogP) is 1.40. The van der Waals surface area contributed by atoms with Crippen LogP contribution in [0.2, 0.25) is 0 Å². The second kappa shape index (κ2) is 10.5.